The van der Waals surface area contributed by atoms with Gasteiger partial charge in [-0.2, -0.15) is 0 Å². The average molecular weight is 386 g/mol. The number of likely N-dealkylation sites (tertiary alicyclic amines) is 1. The molecular weight excluding hydrogens is 364 g/mol. The van der Waals surface area contributed by atoms with Gasteiger partial charge < -0.3 is 14.4 Å². The third-order valence-electron chi connectivity index (χ3n) is 4.92. The smallest absolute Gasteiger partial charge is 0.233 e. The number of hydrogen-bond acceptors (Lipinski definition) is 6. The Labute approximate surface area is 161 Å². The van der Waals surface area contributed by atoms with Crippen LogP contribution in [-0.4, -0.2) is 58.5 Å². The molecule has 8 heteroatoms. The summed E-state index contributed by atoms with van der Waals surface area (Å²) in [6.07, 6.45) is 2.19. The molecule has 3 heterocycles. The Kier molecular flexibility index (Phi) is 4.82. The van der Waals surface area contributed by atoms with E-state index in [-0.39, 0.29) is 5.91 Å². The summed E-state index contributed by atoms with van der Waals surface area (Å²) in [4.78, 5) is 14.3. The fraction of sp³-hybridized carbons (Fsp3) is 0.421. The lowest BCUT2D eigenvalue weighted by molar-refractivity contribution is -0.127. The minimum absolute atomic E-state index is 0.158. The summed E-state index contributed by atoms with van der Waals surface area (Å²) in [5.74, 6) is 1.84. The molecular formula is C19H22N4O3S. The number of fused-ring (bicyclic) bond motifs is 3. The molecule has 0 unspecified atom stereocenters. The van der Waals surface area contributed by atoms with Crippen molar-refractivity contribution in [2.24, 2.45) is 0 Å². The summed E-state index contributed by atoms with van der Waals surface area (Å²) in [6.45, 7) is 3.72. The summed E-state index contributed by atoms with van der Waals surface area (Å²) >= 11 is 1.42. The quantitative estimate of drug-likeness (QED) is 0.628. The zero-order chi connectivity index (χ0) is 19.0. The number of ether oxygens (including phenoxy) is 2. The van der Waals surface area contributed by atoms with Gasteiger partial charge in [-0.1, -0.05) is 11.8 Å². The third-order valence-corrected chi connectivity index (χ3v) is 5.83. The van der Waals surface area contributed by atoms with Crippen LogP contribution in [0.15, 0.2) is 23.4 Å². The molecule has 1 amide bonds. The summed E-state index contributed by atoms with van der Waals surface area (Å²) in [5.41, 5.74) is 2.72. The lowest BCUT2D eigenvalue weighted by atomic mass is 10.1. The van der Waals surface area contributed by atoms with Gasteiger partial charge in [0.15, 0.2) is 22.3 Å². The van der Waals surface area contributed by atoms with E-state index >= 15 is 0 Å². The Hall–Kier alpha value is -2.48. The summed E-state index contributed by atoms with van der Waals surface area (Å²) in [6, 6.07) is 5.94. The molecule has 0 spiro atoms. The topological polar surface area (TPSA) is 69.0 Å². The van der Waals surface area contributed by atoms with Crippen LogP contribution in [-0.2, 0) is 4.79 Å². The van der Waals surface area contributed by atoms with Crippen LogP contribution in [0.4, 0.5) is 0 Å². The van der Waals surface area contributed by atoms with Gasteiger partial charge in [0.2, 0.25) is 5.91 Å². The highest BCUT2D eigenvalue weighted by Gasteiger charge is 2.20. The van der Waals surface area contributed by atoms with Gasteiger partial charge in [0, 0.05) is 24.5 Å². The van der Waals surface area contributed by atoms with Crippen LogP contribution in [0.2, 0.25) is 0 Å². The van der Waals surface area contributed by atoms with E-state index in [2.05, 4.69) is 16.3 Å². The molecule has 0 radical (unpaired) electrons. The summed E-state index contributed by atoms with van der Waals surface area (Å²) in [5, 5.41) is 10.4. The number of aromatic nitrogens is 3. The molecule has 2 aromatic heterocycles. The highest BCUT2D eigenvalue weighted by molar-refractivity contribution is 7.99. The van der Waals surface area contributed by atoms with E-state index in [9.17, 15) is 4.79 Å². The van der Waals surface area contributed by atoms with Gasteiger partial charge in [0.1, 0.15) is 0 Å². The van der Waals surface area contributed by atoms with Gasteiger partial charge >= 0.3 is 0 Å². The lowest BCUT2D eigenvalue weighted by Crippen LogP contribution is -2.29. The predicted octanol–water partition coefficient (Wildman–Crippen LogP) is 2.92. The van der Waals surface area contributed by atoms with Gasteiger partial charge in [-0.25, -0.2) is 0 Å². The predicted molar refractivity (Wildman–Crippen MR) is 105 cm³/mol. The van der Waals surface area contributed by atoms with Gasteiger partial charge in [-0.05, 0) is 37.5 Å². The van der Waals surface area contributed by atoms with Crippen molar-refractivity contribution in [3.63, 3.8) is 0 Å². The Bertz CT molecular complexity index is 1010. The first kappa shape index (κ1) is 17.9. The minimum atomic E-state index is 0.158. The molecule has 0 N–H and O–H groups in total. The van der Waals surface area contributed by atoms with E-state index in [0.717, 1.165) is 48.0 Å². The Morgan fingerprint density at radius 2 is 1.81 bits per heavy atom. The Morgan fingerprint density at radius 1 is 1.11 bits per heavy atom. The zero-order valence-electron chi connectivity index (χ0n) is 15.7. The van der Waals surface area contributed by atoms with E-state index in [4.69, 9.17) is 9.47 Å². The lowest BCUT2D eigenvalue weighted by Gasteiger charge is -2.14. The first-order valence-electron chi connectivity index (χ1n) is 8.93. The molecule has 1 aliphatic rings. The molecule has 7 nitrogen and oxygen atoms in total. The maximum absolute atomic E-state index is 12.4. The number of nitrogens with zero attached hydrogens (tertiary/aromatic N) is 4. The van der Waals surface area contributed by atoms with E-state index in [1.54, 1.807) is 14.2 Å². The number of amides is 1. The summed E-state index contributed by atoms with van der Waals surface area (Å²) < 4.78 is 12.9. The molecule has 4 rings (SSSR count). The van der Waals surface area contributed by atoms with Crippen molar-refractivity contribution >= 4 is 34.2 Å². The van der Waals surface area contributed by atoms with Gasteiger partial charge in [0.05, 0.1) is 25.5 Å². The number of carbonyl (C=O) groups excluding carboxylic acids is 1. The fourth-order valence-corrected chi connectivity index (χ4v) is 4.36. The number of benzene rings is 1. The molecule has 0 bridgehead atoms. The van der Waals surface area contributed by atoms with Crippen molar-refractivity contribution in [3.05, 3.63) is 23.8 Å². The number of hydrogen-bond donors (Lipinski definition) is 0. The Balaban J connectivity index is 1.75. The number of rotatable bonds is 5. The molecule has 27 heavy (non-hydrogen) atoms. The minimum Gasteiger partial charge on any atom is -0.493 e. The zero-order valence-corrected chi connectivity index (χ0v) is 16.5. The molecule has 1 aromatic carbocycles. The fourth-order valence-electron chi connectivity index (χ4n) is 3.51. The van der Waals surface area contributed by atoms with E-state index in [1.807, 2.05) is 28.4 Å². The van der Waals surface area contributed by atoms with Crippen LogP contribution in [0, 0.1) is 6.92 Å². The Morgan fingerprint density at radius 3 is 2.52 bits per heavy atom. The summed E-state index contributed by atoms with van der Waals surface area (Å²) in [7, 11) is 3.24. The molecule has 0 atom stereocenters. The number of methoxy groups -OCH3 is 2. The second kappa shape index (κ2) is 7.26. The first-order valence-corrected chi connectivity index (χ1v) is 9.92. The second-order valence-corrected chi connectivity index (χ2v) is 7.55. The van der Waals surface area contributed by atoms with Gasteiger partial charge in [-0.3, -0.25) is 9.20 Å². The SMILES string of the molecule is COc1cc2cc(C)c3nnc(SCC(=O)N4CCCC4)n3c2cc1OC. The number of aryl methyl sites for hydroxylation is 1. The van der Waals surface area contributed by atoms with Gasteiger partial charge in [0.25, 0.3) is 0 Å². The molecule has 1 fully saturated rings. The van der Waals surface area contributed by atoms with Crippen LogP contribution in [0.25, 0.3) is 16.6 Å². The normalized spacial score (nSPS) is 14.3. The molecule has 0 aliphatic carbocycles. The first-order chi connectivity index (χ1) is 13.1. The second-order valence-electron chi connectivity index (χ2n) is 6.61. The average Bonchev–Trinajstić information content (AvgIpc) is 3.35. The maximum Gasteiger partial charge on any atom is 0.233 e. The van der Waals surface area contributed by atoms with E-state index < -0.39 is 0 Å². The van der Waals surface area contributed by atoms with Crippen LogP contribution >= 0.6 is 11.8 Å². The number of pyridine rings is 1. The van der Waals surface area contributed by atoms with Crippen molar-refractivity contribution < 1.29 is 14.3 Å². The van der Waals surface area contributed by atoms with Gasteiger partial charge in [-0.15, -0.1) is 10.2 Å². The largest absolute Gasteiger partial charge is 0.493 e. The maximum atomic E-state index is 12.4. The molecule has 1 saturated heterocycles. The monoisotopic (exact) mass is 386 g/mol. The van der Waals surface area contributed by atoms with Crippen LogP contribution in [0.3, 0.4) is 0 Å². The van der Waals surface area contributed by atoms with Crippen molar-refractivity contribution in [1.29, 1.82) is 0 Å². The van der Waals surface area contributed by atoms with E-state index in [1.165, 1.54) is 11.8 Å². The van der Waals surface area contributed by atoms with Crippen LogP contribution in [0.5, 0.6) is 11.5 Å². The van der Waals surface area contributed by atoms with Crippen molar-refractivity contribution in [2.45, 2.75) is 24.9 Å². The molecule has 142 valence electrons. The van der Waals surface area contributed by atoms with Crippen molar-refractivity contribution in [3.8, 4) is 11.5 Å². The molecule has 1 aliphatic heterocycles. The highest BCUT2D eigenvalue weighted by atomic mass is 32.2. The molecule has 0 saturated carbocycles. The number of thioether (sulfide) groups is 1. The van der Waals surface area contributed by atoms with Crippen molar-refractivity contribution in [1.82, 2.24) is 19.5 Å². The van der Waals surface area contributed by atoms with Crippen LogP contribution < -0.4 is 9.47 Å². The third kappa shape index (κ3) is 3.18. The highest BCUT2D eigenvalue weighted by Crippen LogP contribution is 2.34. The van der Waals surface area contributed by atoms with Crippen molar-refractivity contribution in [2.75, 3.05) is 33.1 Å². The molecule has 3 aromatic rings. The van der Waals surface area contributed by atoms with E-state index in [0.29, 0.717) is 22.4 Å². The van der Waals surface area contributed by atoms with Crippen LogP contribution in [0.1, 0.15) is 18.4 Å². The number of carbonyl (C=O) groups is 1. The standard InChI is InChI=1S/C19H22N4O3S/c1-12-8-13-9-15(25-2)16(26-3)10-14(13)23-18(12)20-21-19(23)27-11-17(24)22-6-4-5-7-22/h8-10H,4-7,11H2,1-3H3.